The molecule has 1 heterocycles. The van der Waals surface area contributed by atoms with Crippen LogP contribution in [-0.4, -0.2) is 39.0 Å². The summed E-state index contributed by atoms with van der Waals surface area (Å²) in [6.07, 6.45) is 3.54. The summed E-state index contributed by atoms with van der Waals surface area (Å²) < 4.78 is 1.19. The lowest BCUT2D eigenvalue weighted by molar-refractivity contribution is 0.266. The Hall–Kier alpha value is -0.720. The van der Waals surface area contributed by atoms with E-state index in [-0.39, 0.29) is 22.9 Å². The lowest BCUT2D eigenvalue weighted by atomic mass is 10.2. The van der Waals surface area contributed by atoms with Gasteiger partial charge in [-0.25, -0.2) is 4.68 Å². The molecule has 0 saturated carbocycles. The largest absolute Gasteiger partial charge is 0.394 e. The molecule has 7 heteroatoms. The lowest BCUT2D eigenvalue weighted by Gasteiger charge is -2.23. The number of aromatic nitrogens is 2. The van der Waals surface area contributed by atoms with E-state index in [2.05, 4.69) is 24.3 Å². The molecule has 1 rings (SSSR count). The summed E-state index contributed by atoms with van der Waals surface area (Å²) in [5.41, 5.74) is 0.135. The third kappa shape index (κ3) is 3.90. The predicted molar refractivity (Wildman–Crippen MR) is 76.7 cm³/mol. The van der Waals surface area contributed by atoms with Crippen molar-refractivity contribution in [3.05, 3.63) is 21.6 Å². The molecule has 2 N–H and O–H groups in total. The molecule has 1 aromatic heterocycles. The number of aliphatic hydroxyl groups excluding tert-OH is 1. The highest BCUT2D eigenvalue weighted by Crippen LogP contribution is 2.23. The fourth-order valence-corrected chi connectivity index (χ4v) is 1.65. The summed E-state index contributed by atoms with van der Waals surface area (Å²) in [5, 5.41) is 16.0. The fraction of sp³-hybridized carbons (Fsp3) is 0.636. The minimum atomic E-state index is -0.391. The molecule has 102 valence electrons. The average molecular weight is 292 g/mol. The zero-order valence-corrected chi connectivity index (χ0v) is 12.3. The Labute approximate surface area is 116 Å². The van der Waals surface area contributed by atoms with Crippen LogP contribution in [0.3, 0.4) is 0 Å². The number of nitrogens with one attached hydrogen (secondary N) is 1. The standard InChI is InChI=1S/C11H18ClN3O2S/c1-11(2,18-3)7-13-8-6-14-15(4-5-16)10(17)9(8)12/h6,13,16H,4-5,7H2,1-3H3. The number of anilines is 1. The third-order valence-electron chi connectivity index (χ3n) is 2.55. The Morgan fingerprint density at radius 2 is 2.28 bits per heavy atom. The predicted octanol–water partition coefficient (Wildman–Crippen LogP) is 1.44. The van der Waals surface area contributed by atoms with E-state index in [9.17, 15) is 4.79 Å². The highest BCUT2D eigenvalue weighted by molar-refractivity contribution is 7.99. The van der Waals surface area contributed by atoms with Gasteiger partial charge in [-0.2, -0.15) is 16.9 Å². The van der Waals surface area contributed by atoms with Gasteiger partial charge in [0.1, 0.15) is 5.02 Å². The van der Waals surface area contributed by atoms with Crippen LogP contribution in [0.1, 0.15) is 13.8 Å². The van der Waals surface area contributed by atoms with Crippen molar-refractivity contribution in [3.63, 3.8) is 0 Å². The molecule has 0 aliphatic heterocycles. The van der Waals surface area contributed by atoms with Gasteiger partial charge in [0.05, 0.1) is 25.0 Å². The van der Waals surface area contributed by atoms with Gasteiger partial charge >= 0.3 is 0 Å². The zero-order valence-electron chi connectivity index (χ0n) is 10.7. The van der Waals surface area contributed by atoms with E-state index < -0.39 is 5.56 Å². The van der Waals surface area contributed by atoms with Crippen LogP contribution in [0.4, 0.5) is 5.69 Å². The Bertz CT molecular complexity index is 462. The normalized spacial score (nSPS) is 11.6. The van der Waals surface area contributed by atoms with Crippen LogP contribution in [0.5, 0.6) is 0 Å². The highest BCUT2D eigenvalue weighted by atomic mass is 35.5. The van der Waals surface area contributed by atoms with E-state index in [1.54, 1.807) is 11.8 Å². The maximum absolute atomic E-state index is 11.8. The molecule has 0 bridgehead atoms. The molecule has 0 aliphatic rings. The van der Waals surface area contributed by atoms with Crippen molar-refractivity contribution < 1.29 is 5.11 Å². The molecule has 0 unspecified atom stereocenters. The van der Waals surface area contributed by atoms with Crippen LogP contribution in [0, 0.1) is 0 Å². The first-order chi connectivity index (χ1) is 8.41. The number of nitrogens with zero attached hydrogens (tertiary/aromatic N) is 2. The smallest absolute Gasteiger partial charge is 0.287 e. The number of thioether (sulfide) groups is 1. The van der Waals surface area contributed by atoms with E-state index in [0.29, 0.717) is 12.2 Å². The number of aliphatic hydroxyl groups is 1. The van der Waals surface area contributed by atoms with Crippen LogP contribution in [0.2, 0.25) is 5.02 Å². The number of hydrogen-bond acceptors (Lipinski definition) is 5. The van der Waals surface area contributed by atoms with Gasteiger partial charge in [0, 0.05) is 11.3 Å². The molecular formula is C11H18ClN3O2S. The summed E-state index contributed by atoms with van der Waals surface area (Å²) in [4.78, 5) is 11.8. The van der Waals surface area contributed by atoms with Crippen molar-refractivity contribution in [1.82, 2.24) is 9.78 Å². The molecule has 0 aromatic carbocycles. The van der Waals surface area contributed by atoms with Crippen molar-refractivity contribution in [2.75, 3.05) is 24.7 Å². The van der Waals surface area contributed by atoms with E-state index in [0.717, 1.165) is 4.68 Å². The molecule has 0 radical (unpaired) electrons. The first-order valence-corrected chi connectivity index (χ1v) is 7.17. The Balaban J connectivity index is 2.86. The summed E-state index contributed by atoms with van der Waals surface area (Å²) in [6, 6.07) is 0. The molecule has 0 amide bonds. The number of halogens is 1. The van der Waals surface area contributed by atoms with E-state index in [1.165, 1.54) is 6.20 Å². The summed E-state index contributed by atoms with van der Waals surface area (Å²) in [6.45, 7) is 4.88. The van der Waals surface area contributed by atoms with E-state index >= 15 is 0 Å². The topological polar surface area (TPSA) is 67.2 Å². The van der Waals surface area contributed by atoms with Crippen LogP contribution in [0.15, 0.2) is 11.0 Å². The molecule has 0 fully saturated rings. The second kappa shape index (κ2) is 6.45. The quantitative estimate of drug-likeness (QED) is 0.830. The van der Waals surface area contributed by atoms with Crippen molar-refractivity contribution in [1.29, 1.82) is 0 Å². The first kappa shape index (κ1) is 15.3. The molecule has 18 heavy (non-hydrogen) atoms. The van der Waals surface area contributed by atoms with E-state index in [1.807, 2.05) is 6.26 Å². The Kier molecular flexibility index (Phi) is 5.49. The van der Waals surface area contributed by atoms with E-state index in [4.69, 9.17) is 16.7 Å². The third-order valence-corrected chi connectivity index (χ3v) is 4.17. The molecule has 0 aliphatic carbocycles. The van der Waals surface area contributed by atoms with Gasteiger partial charge < -0.3 is 10.4 Å². The van der Waals surface area contributed by atoms with Gasteiger partial charge in [0.2, 0.25) is 0 Å². The van der Waals surface area contributed by atoms with Crippen LogP contribution in [-0.2, 0) is 6.54 Å². The van der Waals surface area contributed by atoms with Gasteiger partial charge in [-0.15, -0.1) is 0 Å². The molecule has 0 spiro atoms. The van der Waals surface area contributed by atoms with Crippen LogP contribution in [0.25, 0.3) is 0 Å². The Morgan fingerprint density at radius 1 is 1.61 bits per heavy atom. The number of rotatable bonds is 6. The minimum absolute atomic E-state index is 0.0449. The van der Waals surface area contributed by atoms with Gasteiger partial charge in [0.15, 0.2) is 0 Å². The summed E-state index contributed by atoms with van der Waals surface area (Å²) in [5.74, 6) is 0. The van der Waals surface area contributed by atoms with Crippen molar-refractivity contribution in [2.24, 2.45) is 0 Å². The molecule has 0 atom stereocenters. The van der Waals surface area contributed by atoms with Crippen LogP contribution < -0.4 is 10.9 Å². The molecule has 1 aromatic rings. The van der Waals surface area contributed by atoms with Gasteiger partial charge in [-0.1, -0.05) is 11.6 Å². The van der Waals surface area contributed by atoms with Gasteiger partial charge in [-0.3, -0.25) is 4.79 Å². The minimum Gasteiger partial charge on any atom is -0.394 e. The molecule has 5 nitrogen and oxygen atoms in total. The fourth-order valence-electron chi connectivity index (χ4n) is 1.22. The number of hydrogen-bond donors (Lipinski definition) is 2. The van der Waals surface area contributed by atoms with Crippen molar-refractivity contribution in [3.8, 4) is 0 Å². The highest BCUT2D eigenvalue weighted by Gasteiger charge is 2.17. The molecule has 0 saturated heterocycles. The zero-order chi connectivity index (χ0) is 13.8. The summed E-state index contributed by atoms with van der Waals surface area (Å²) in [7, 11) is 0. The summed E-state index contributed by atoms with van der Waals surface area (Å²) >= 11 is 7.71. The average Bonchev–Trinajstić information content (AvgIpc) is 2.34. The maximum Gasteiger partial charge on any atom is 0.287 e. The van der Waals surface area contributed by atoms with Crippen LogP contribution >= 0.6 is 23.4 Å². The second-order valence-electron chi connectivity index (χ2n) is 4.44. The van der Waals surface area contributed by atoms with Gasteiger partial charge in [0.25, 0.3) is 5.56 Å². The van der Waals surface area contributed by atoms with Crippen molar-refractivity contribution in [2.45, 2.75) is 25.1 Å². The lowest BCUT2D eigenvalue weighted by Crippen LogP contribution is -2.29. The SMILES string of the molecule is CSC(C)(C)CNc1cnn(CCO)c(=O)c1Cl. The van der Waals surface area contributed by atoms with Crippen molar-refractivity contribution >= 4 is 29.1 Å². The maximum atomic E-state index is 11.8. The Morgan fingerprint density at radius 3 is 2.83 bits per heavy atom. The second-order valence-corrected chi connectivity index (χ2v) is 6.33. The molecular weight excluding hydrogens is 274 g/mol. The monoisotopic (exact) mass is 291 g/mol. The van der Waals surface area contributed by atoms with Gasteiger partial charge in [-0.05, 0) is 20.1 Å². The first-order valence-electron chi connectivity index (χ1n) is 5.57.